The smallest absolute Gasteiger partial charge is 0.111 e. The van der Waals surface area contributed by atoms with Crippen LogP contribution >= 0.6 is 0 Å². The summed E-state index contributed by atoms with van der Waals surface area (Å²) in [4.78, 5) is 0. The van der Waals surface area contributed by atoms with Gasteiger partial charge in [-0.25, -0.2) is 0 Å². The molecule has 32 heavy (non-hydrogen) atoms. The Labute approximate surface area is 185 Å². The van der Waals surface area contributed by atoms with Crippen molar-refractivity contribution in [3.05, 3.63) is 0 Å². The van der Waals surface area contributed by atoms with Crippen LogP contribution in [-0.4, -0.2) is 166 Å². The first kappa shape index (κ1) is 31.4. The monoisotopic (exact) mass is 478 g/mol. The molecule has 2 heterocycles. The van der Waals surface area contributed by atoms with E-state index in [0.717, 1.165) is 26.4 Å². The van der Waals surface area contributed by atoms with Gasteiger partial charge in [-0.1, -0.05) is 0 Å². The Kier molecular flexibility index (Phi) is 18.5. The van der Waals surface area contributed by atoms with Crippen LogP contribution in [0.5, 0.6) is 0 Å². The zero-order valence-corrected chi connectivity index (χ0v) is 17.8. The molecule has 8 atom stereocenters. The molecule has 2 fully saturated rings. The fourth-order valence-corrected chi connectivity index (χ4v) is 1.78. The van der Waals surface area contributed by atoms with Gasteiger partial charge in [-0.3, -0.25) is 0 Å². The maximum atomic E-state index is 8.96. The Bertz CT molecular complexity index is 386. The second kappa shape index (κ2) is 18.8. The fourth-order valence-electron chi connectivity index (χ4n) is 1.78. The van der Waals surface area contributed by atoms with E-state index >= 15 is 0 Å². The molecule has 0 spiro atoms. The summed E-state index contributed by atoms with van der Waals surface area (Å²) in [5.74, 6) is 0. The third-order valence-electron chi connectivity index (χ3n) is 3.97. The van der Waals surface area contributed by atoms with Crippen LogP contribution in [-0.2, 0) is 18.9 Å². The first-order chi connectivity index (χ1) is 15.2. The van der Waals surface area contributed by atoms with Crippen LogP contribution in [0.4, 0.5) is 0 Å². The molecule has 0 radical (unpaired) electrons. The molecule has 0 aromatic rings. The first-order valence-corrected chi connectivity index (χ1v) is 10.1. The van der Waals surface area contributed by atoms with E-state index in [1.807, 2.05) is 0 Å². The van der Waals surface area contributed by atoms with Gasteiger partial charge in [-0.15, -0.1) is 0 Å². The summed E-state index contributed by atoms with van der Waals surface area (Å²) < 4.78 is 19.8. The van der Waals surface area contributed by atoms with Crippen LogP contribution in [0.1, 0.15) is 0 Å². The quantitative estimate of drug-likeness (QED) is 0.0984. The highest BCUT2D eigenvalue weighted by atomic mass is 16.6. The van der Waals surface area contributed by atoms with E-state index in [1.165, 1.54) is 0 Å². The van der Waals surface area contributed by atoms with Gasteiger partial charge in [0.25, 0.3) is 0 Å². The topological polar surface area (TPSA) is 246 Å². The predicted octanol–water partition coefficient (Wildman–Crippen LogP) is -6.08. The van der Waals surface area contributed by atoms with Crippen LogP contribution < -0.4 is 0 Å². The molecule has 2 aliphatic rings. The van der Waals surface area contributed by atoms with Crippen molar-refractivity contribution >= 4 is 0 Å². The van der Waals surface area contributed by atoms with Gasteiger partial charge in [-0.05, 0) is 0 Å². The van der Waals surface area contributed by atoms with E-state index < -0.39 is 49.8 Å². The van der Waals surface area contributed by atoms with Gasteiger partial charge < -0.3 is 70.0 Å². The highest BCUT2D eigenvalue weighted by Crippen LogP contribution is 2.12. The van der Waals surface area contributed by atoms with Crippen molar-refractivity contribution in [1.82, 2.24) is 0 Å². The van der Waals surface area contributed by atoms with Crippen molar-refractivity contribution in [1.29, 1.82) is 0 Å². The molecule has 0 aromatic carbocycles. The van der Waals surface area contributed by atoms with E-state index in [1.54, 1.807) is 0 Å². The number of hydrogen-bond acceptors (Lipinski definition) is 14. The average Bonchev–Trinajstić information content (AvgIpc) is 3.73. The summed E-state index contributed by atoms with van der Waals surface area (Å²) in [6.45, 7) is 1.01. The van der Waals surface area contributed by atoms with Gasteiger partial charge in [0.1, 0.15) is 48.8 Å². The van der Waals surface area contributed by atoms with Gasteiger partial charge in [0, 0.05) is 0 Å². The zero-order chi connectivity index (χ0) is 24.5. The molecule has 14 nitrogen and oxygen atoms in total. The number of hydrogen-bond donors (Lipinski definition) is 10. The van der Waals surface area contributed by atoms with E-state index in [9.17, 15) is 0 Å². The number of ether oxygens (including phenoxy) is 4. The van der Waals surface area contributed by atoms with Gasteiger partial charge >= 0.3 is 0 Å². The molecule has 14 heteroatoms. The Hall–Kier alpha value is -0.560. The van der Waals surface area contributed by atoms with Gasteiger partial charge in [0.15, 0.2) is 0 Å². The third-order valence-corrected chi connectivity index (χ3v) is 3.97. The summed E-state index contributed by atoms with van der Waals surface area (Å²) in [6.07, 6.45) is -7.44. The summed E-state index contributed by atoms with van der Waals surface area (Å²) in [5, 5.41) is 86.3. The van der Waals surface area contributed by atoms with Gasteiger partial charge in [0.05, 0.1) is 66.1 Å². The van der Waals surface area contributed by atoms with Crippen molar-refractivity contribution in [2.45, 2.75) is 48.8 Å². The lowest BCUT2D eigenvalue weighted by Crippen LogP contribution is -2.46. The highest BCUT2D eigenvalue weighted by Gasteiger charge is 2.29. The Balaban J connectivity index is 0.000000453. The van der Waals surface area contributed by atoms with Crippen molar-refractivity contribution in [2.24, 2.45) is 0 Å². The summed E-state index contributed by atoms with van der Waals surface area (Å²) >= 11 is 0. The number of epoxide rings is 2. The van der Waals surface area contributed by atoms with E-state index in [0.29, 0.717) is 12.2 Å². The normalized spacial score (nSPS) is 24.6. The standard InChI is InChI=1S/C6H14O6.C6H14O5.C6H10O3/c7-1-3(9)5(11)6(12)4(10)2-8;7-1-5(9)3-11-4-6(10)2-8;1(5-3-8-5)7-2-6-4-9-6/h3-12H,1-2H2;5-10H,1-4H2;5-6H,1-4H2. The van der Waals surface area contributed by atoms with Crippen molar-refractivity contribution < 1.29 is 70.0 Å². The predicted molar refractivity (Wildman–Crippen MR) is 106 cm³/mol. The molecule has 0 bridgehead atoms. The lowest BCUT2D eigenvalue weighted by atomic mass is 10.0. The molecule has 2 saturated heterocycles. The Morgan fingerprint density at radius 2 is 0.938 bits per heavy atom. The van der Waals surface area contributed by atoms with Gasteiger partial charge in [-0.2, -0.15) is 0 Å². The largest absolute Gasteiger partial charge is 0.394 e. The zero-order valence-electron chi connectivity index (χ0n) is 17.8. The SMILES string of the molecule is C(OCC1CO1)C1CO1.OCC(O)C(O)C(O)C(O)CO.OCC(O)COCC(O)CO. The molecule has 10 N–H and O–H groups in total. The number of rotatable bonds is 15. The molecule has 2 rings (SSSR count). The minimum atomic E-state index is -1.67. The van der Waals surface area contributed by atoms with Crippen molar-refractivity contribution in [2.75, 3.05) is 66.1 Å². The summed E-state index contributed by atoms with van der Waals surface area (Å²) in [5.41, 5.74) is 0. The number of aliphatic hydroxyl groups excluding tert-OH is 10. The van der Waals surface area contributed by atoms with Crippen molar-refractivity contribution in [3.63, 3.8) is 0 Å². The van der Waals surface area contributed by atoms with Crippen molar-refractivity contribution in [3.8, 4) is 0 Å². The third kappa shape index (κ3) is 17.0. The lowest BCUT2D eigenvalue weighted by Gasteiger charge is -2.24. The van der Waals surface area contributed by atoms with E-state index in [2.05, 4.69) is 0 Å². The maximum absolute atomic E-state index is 8.96. The van der Waals surface area contributed by atoms with Crippen LogP contribution in [0, 0.1) is 0 Å². The molecular formula is C18H38O14. The first-order valence-electron chi connectivity index (χ1n) is 10.1. The van der Waals surface area contributed by atoms with Crippen LogP contribution in [0.3, 0.4) is 0 Å². The average molecular weight is 478 g/mol. The molecule has 194 valence electrons. The summed E-state index contributed by atoms with van der Waals surface area (Å²) in [7, 11) is 0. The molecule has 0 amide bonds. The molecular weight excluding hydrogens is 440 g/mol. The minimum Gasteiger partial charge on any atom is -0.394 e. The highest BCUT2D eigenvalue weighted by molar-refractivity contribution is 4.79. The van der Waals surface area contributed by atoms with Crippen LogP contribution in [0.2, 0.25) is 0 Å². The summed E-state index contributed by atoms with van der Waals surface area (Å²) in [6, 6.07) is 0. The maximum Gasteiger partial charge on any atom is 0.111 e. The van der Waals surface area contributed by atoms with Crippen LogP contribution in [0.15, 0.2) is 0 Å². The number of aliphatic hydroxyl groups is 10. The van der Waals surface area contributed by atoms with Crippen LogP contribution in [0.25, 0.3) is 0 Å². The second-order valence-corrected chi connectivity index (χ2v) is 7.14. The Morgan fingerprint density at radius 3 is 1.19 bits per heavy atom. The van der Waals surface area contributed by atoms with E-state index in [4.69, 9.17) is 70.0 Å². The molecule has 0 saturated carbocycles. The molecule has 2 aliphatic heterocycles. The molecule has 0 aliphatic carbocycles. The Morgan fingerprint density at radius 1 is 0.594 bits per heavy atom. The minimum absolute atomic E-state index is 0.0342. The lowest BCUT2D eigenvalue weighted by molar-refractivity contribution is -0.123. The second-order valence-electron chi connectivity index (χ2n) is 7.14. The van der Waals surface area contributed by atoms with Gasteiger partial charge in [0.2, 0.25) is 0 Å². The molecule has 0 aromatic heterocycles. The fraction of sp³-hybridized carbons (Fsp3) is 1.00. The van der Waals surface area contributed by atoms with E-state index in [-0.39, 0.29) is 26.4 Å². The molecule has 8 unspecified atom stereocenters.